The number of carbonyl (C=O) groups is 1. The van der Waals surface area contributed by atoms with Crippen molar-refractivity contribution in [2.45, 2.75) is 25.9 Å². The lowest BCUT2D eigenvalue weighted by Gasteiger charge is -2.31. The summed E-state index contributed by atoms with van der Waals surface area (Å²) in [5, 5.41) is 0. The van der Waals surface area contributed by atoms with Crippen molar-refractivity contribution >= 4 is 5.91 Å². The first-order chi connectivity index (χ1) is 8.16. The number of nitrogens with zero attached hydrogens (tertiary/aromatic N) is 1. The number of halogens is 1. The van der Waals surface area contributed by atoms with Gasteiger partial charge in [0.05, 0.1) is 0 Å². The van der Waals surface area contributed by atoms with Crippen LogP contribution in [0.2, 0.25) is 0 Å². The Morgan fingerprint density at radius 1 is 1.35 bits per heavy atom. The number of rotatable bonds is 2. The second-order valence-electron chi connectivity index (χ2n) is 4.25. The fraction of sp³-hybridized carbons (Fsp3) is 0.462. The van der Waals surface area contributed by atoms with Crippen molar-refractivity contribution in [2.75, 3.05) is 13.1 Å². The topological polar surface area (TPSA) is 29.5 Å². The minimum atomic E-state index is -0.332. The molecule has 1 aliphatic rings. The molecule has 0 radical (unpaired) electrons. The predicted octanol–water partition coefficient (Wildman–Crippen LogP) is 2.22. The molecule has 1 amide bonds. The second-order valence-corrected chi connectivity index (χ2v) is 4.25. The summed E-state index contributed by atoms with van der Waals surface area (Å²) in [6, 6.07) is 6.41. The quantitative estimate of drug-likeness (QED) is 0.789. The summed E-state index contributed by atoms with van der Waals surface area (Å²) in [5.41, 5.74) is 0. The number of carbonyl (C=O) groups excluding carboxylic acids is 1. The SMILES string of the molecule is CC(=O)N1CCC(Oc2ccccc2F)CC1. The van der Waals surface area contributed by atoms with Crippen LogP contribution in [-0.2, 0) is 4.79 Å². The third kappa shape index (κ3) is 2.96. The molecular formula is C13H16FNO2. The molecule has 0 N–H and O–H groups in total. The molecule has 3 nitrogen and oxygen atoms in total. The third-order valence-corrected chi connectivity index (χ3v) is 3.02. The fourth-order valence-corrected chi connectivity index (χ4v) is 2.01. The first kappa shape index (κ1) is 11.9. The molecule has 1 heterocycles. The van der Waals surface area contributed by atoms with Crippen LogP contribution in [-0.4, -0.2) is 30.0 Å². The van der Waals surface area contributed by atoms with Crippen LogP contribution in [0.25, 0.3) is 0 Å². The highest BCUT2D eigenvalue weighted by Gasteiger charge is 2.22. The van der Waals surface area contributed by atoms with Crippen LogP contribution in [0.1, 0.15) is 19.8 Å². The van der Waals surface area contributed by atoms with Gasteiger partial charge in [-0.1, -0.05) is 12.1 Å². The summed E-state index contributed by atoms with van der Waals surface area (Å²) < 4.78 is 19.0. The number of likely N-dealkylation sites (tertiary alicyclic amines) is 1. The number of para-hydroxylation sites is 1. The third-order valence-electron chi connectivity index (χ3n) is 3.02. The molecule has 0 spiro atoms. The lowest BCUT2D eigenvalue weighted by atomic mass is 10.1. The van der Waals surface area contributed by atoms with Crippen LogP contribution in [0.4, 0.5) is 4.39 Å². The van der Waals surface area contributed by atoms with Gasteiger partial charge < -0.3 is 9.64 Å². The largest absolute Gasteiger partial charge is 0.487 e. The summed E-state index contributed by atoms with van der Waals surface area (Å²) in [4.78, 5) is 12.9. The Hall–Kier alpha value is -1.58. The molecule has 0 unspecified atom stereocenters. The average molecular weight is 237 g/mol. The Balaban J connectivity index is 1.90. The van der Waals surface area contributed by atoms with Gasteiger partial charge in [0.15, 0.2) is 11.6 Å². The van der Waals surface area contributed by atoms with Gasteiger partial charge in [-0.15, -0.1) is 0 Å². The van der Waals surface area contributed by atoms with Gasteiger partial charge in [0.2, 0.25) is 5.91 Å². The van der Waals surface area contributed by atoms with Gasteiger partial charge in [-0.25, -0.2) is 4.39 Å². The molecule has 0 aliphatic carbocycles. The number of hydrogen-bond donors (Lipinski definition) is 0. The molecule has 4 heteroatoms. The average Bonchev–Trinajstić information content (AvgIpc) is 2.33. The fourth-order valence-electron chi connectivity index (χ4n) is 2.01. The summed E-state index contributed by atoms with van der Waals surface area (Å²) in [7, 11) is 0. The number of benzene rings is 1. The Bertz CT molecular complexity index is 400. The number of ether oxygens (including phenoxy) is 1. The molecule has 1 aromatic rings. The van der Waals surface area contributed by atoms with E-state index in [-0.39, 0.29) is 17.8 Å². The highest BCUT2D eigenvalue weighted by molar-refractivity contribution is 5.73. The first-order valence-electron chi connectivity index (χ1n) is 5.83. The van der Waals surface area contributed by atoms with Gasteiger partial charge in [0, 0.05) is 32.9 Å². The van der Waals surface area contributed by atoms with E-state index in [2.05, 4.69) is 0 Å². The zero-order valence-corrected chi connectivity index (χ0v) is 9.86. The van der Waals surface area contributed by atoms with Gasteiger partial charge in [0.1, 0.15) is 6.10 Å². The molecule has 1 fully saturated rings. The van der Waals surface area contributed by atoms with E-state index in [4.69, 9.17) is 4.74 Å². The maximum atomic E-state index is 13.4. The van der Waals surface area contributed by atoms with Crippen LogP contribution in [0.15, 0.2) is 24.3 Å². The summed E-state index contributed by atoms with van der Waals surface area (Å²) >= 11 is 0. The summed E-state index contributed by atoms with van der Waals surface area (Å²) in [5.74, 6) is 0.0598. The van der Waals surface area contributed by atoms with Crippen molar-refractivity contribution in [3.8, 4) is 5.75 Å². The van der Waals surface area contributed by atoms with E-state index in [1.54, 1.807) is 30.0 Å². The minimum Gasteiger partial charge on any atom is -0.487 e. The maximum Gasteiger partial charge on any atom is 0.219 e. The molecule has 0 bridgehead atoms. The lowest BCUT2D eigenvalue weighted by molar-refractivity contribution is -0.130. The van der Waals surface area contributed by atoms with E-state index in [9.17, 15) is 9.18 Å². The van der Waals surface area contributed by atoms with E-state index >= 15 is 0 Å². The van der Waals surface area contributed by atoms with Gasteiger partial charge >= 0.3 is 0 Å². The van der Waals surface area contributed by atoms with E-state index < -0.39 is 0 Å². The van der Waals surface area contributed by atoms with Crippen molar-refractivity contribution in [3.05, 3.63) is 30.1 Å². The van der Waals surface area contributed by atoms with E-state index in [0.29, 0.717) is 18.8 Å². The van der Waals surface area contributed by atoms with Crippen molar-refractivity contribution < 1.29 is 13.9 Å². The van der Waals surface area contributed by atoms with E-state index in [1.807, 2.05) is 0 Å². The summed E-state index contributed by atoms with van der Waals surface area (Å²) in [6.07, 6.45) is 1.52. The van der Waals surface area contributed by atoms with E-state index in [1.165, 1.54) is 6.07 Å². The highest BCUT2D eigenvalue weighted by Crippen LogP contribution is 2.21. The van der Waals surface area contributed by atoms with Crippen LogP contribution in [0.3, 0.4) is 0 Å². The minimum absolute atomic E-state index is 0.00231. The van der Waals surface area contributed by atoms with Crippen molar-refractivity contribution in [2.24, 2.45) is 0 Å². The number of hydrogen-bond acceptors (Lipinski definition) is 2. The molecule has 17 heavy (non-hydrogen) atoms. The predicted molar refractivity (Wildman–Crippen MR) is 62.3 cm³/mol. The molecule has 1 saturated heterocycles. The van der Waals surface area contributed by atoms with Crippen molar-refractivity contribution in [3.63, 3.8) is 0 Å². The van der Waals surface area contributed by atoms with Crippen molar-refractivity contribution in [1.82, 2.24) is 4.90 Å². The molecule has 0 saturated carbocycles. The normalized spacial score (nSPS) is 16.9. The Morgan fingerprint density at radius 2 is 2.00 bits per heavy atom. The molecule has 2 rings (SSSR count). The standard InChI is InChI=1S/C13H16FNO2/c1-10(16)15-8-6-11(7-9-15)17-13-5-3-2-4-12(13)14/h2-5,11H,6-9H2,1H3. The number of piperidine rings is 1. The molecular weight excluding hydrogens is 221 g/mol. The van der Waals surface area contributed by atoms with Gasteiger partial charge in [0.25, 0.3) is 0 Å². The monoisotopic (exact) mass is 237 g/mol. The Labute approximate surface area is 100 Å². The molecule has 1 aliphatic heterocycles. The molecule has 92 valence electrons. The second kappa shape index (κ2) is 5.17. The van der Waals surface area contributed by atoms with Crippen LogP contribution in [0.5, 0.6) is 5.75 Å². The van der Waals surface area contributed by atoms with Crippen LogP contribution < -0.4 is 4.74 Å². The molecule has 1 aromatic carbocycles. The molecule has 0 atom stereocenters. The van der Waals surface area contributed by atoms with Crippen LogP contribution >= 0.6 is 0 Å². The Morgan fingerprint density at radius 3 is 2.59 bits per heavy atom. The smallest absolute Gasteiger partial charge is 0.219 e. The number of amides is 1. The first-order valence-corrected chi connectivity index (χ1v) is 5.83. The maximum absolute atomic E-state index is 13.4. The van der Waals surface area contributed by atoms with Crippen molar-refractivity contribution in [1.29, 1.82) is 0 Å². The van der Waals surface area contributed by atoms with Crippen LogP contribution in [0, 0.1) is 5.82 Å². The summed E-state index contributed by atoms with van der Waals surface area (Å²) in [6.45, 7) is 2.95. The van der Waals surface area contributed by atoms with Gasteiger partial charge in [-0.3, -0.25) is 4.79 Å². The zero-order chi connectivity index (χ0) is 12.3. The molecule has 0 aromatic heterocycles. The van der Waals surface area contributed by atoms with Gasteiger partial charge in [-0.2, -0.15) is 0 Å². The van der Waals surface area contributed by atoms with E-state index in [0.717, 1.165) is 12.8 Å². The van der Waals surface area contributed by atoms with Gasteiger partial charge in [-0.05, 0) is 12.1 Å². The zero-order valence-electron chi connectivity index (χ0n) is 9.86. The highest BCUT2D eigenvalue weighted by atomic mass is 19.1. The Kier molecular flexibility index (Phi) is 3.61. The lowest BCUT2D eigenvalue weighted by Crippen LogP contribution is -2.40.